The van der Waals surface area contributed by atoms with Crippen LogP contribution in [0.25, 0.3) is 0 Å². The van der Waals surface area contributed by atoms with Gasteiger partial charge in [-0.15, -0.1) is 0 Å². The Hall–Kier alpha value is -3.61. The lowest BCUT2D eigenvalue weighted by atomic mass is 9.81. The van der Waals surface area contributed by atoms with Gasteiger partial charge in [-0.05, 0) is 22.3 Å². The van der Waals surface area contributed by atoms with E-state index in [4.69, 9.17) is 18.9 Å². The Morgan fingerprint density at radius 3 is 1.38 bits per heavy atom. The zero-order valence-corrected chi connectivity index (χ0v) is 22.6. The summed E-state index contributed by atoms with van der Waals surface area (Å²) in [6.07, 6.45) is -1.41. The summed E-state index contributed by atoms with van der Waals surface area (Å²) in [7, 11) is 0. The minimum atomic E-state index is -0.741. The lowest BCUT2D eigenvalue weighted by Gasteiger charge is -2.41. The van der Waals surface area contributed by atoms with Crippen molar-refractivity contribution in [2.75, 3.05) is 6.61 Å². The van der Waals surface area contributed by atoms with Gasteiger partial charge in [0.1, 0.15) is 12.2 Å². The fourth-order valence-electron chi connectivity index (χ4n) is 5.07. The van der Waals surface area contributed by atoms with Crippen LogP contribution in [-0.2, 0) is 50.2 Å². The molecule has 4 aromatic carbocycles. The number of hydrogen-bond acceptors (Lipinski definition) is 5. The van der Waals surface area contributed by atoms with Crippen LogP contribution in [0, 0.1) is 5.92 Å². The van der Waals surface area contributed by atoms with Crippen LogP contribution < -0.4 is 0 Å². The molecule has 0 aromatic heterocycles. The molecule has 1 fully saturated rings. The van der Waals surface area contributed by atoms with E-state index in [0.29, 0.717) is 39.5 Å². The molecular formula is C35H36O5. The van der Waals surface area contributed by atoms with Crippen molar-refractivity contribution in [3.8, 4) is 0 Å². The van der Waals surface area contributed by atoms with E-state index in [2.05, 4.69) is 0 Å². The molecule has 5 heteroatoms. The first-order chi connectivity index (χ1) is 19.8. The van der Waals surface area contributed by atoms with Crippen molar-refractivity contribution in [3.63, 3.8) is 0 Å². The molecule has 0 radical (unpaired) electrons. The van der Waals surface area contributed by atoms with Gasteiger partial charge in [-0.25, -0.2) is 0 Å². The van der Waals surface area contributed by atoms with E-state index in [-0.39, 0.29) is 11.7 Å². The molecule has 0 spiro atoms. The van der Waals surface area contributed by atoms with Crippen molar-refractivity contribution in [1.29, 1.82) is 0 Å². The molecule has 206 valence electrons. The molecule has 0 N–H and O–H groups in total. The monoisotopic (exact) mass is 536 g/mol. The Morgan fingerprint density at radius 1 is 0.500 bits per heavy atom. The zero-order chi connectivity index (χ0) is 27.4. The number of benzene rings is 4. The van der Waals surface area contributed by atoms with Crippen LogP contribution in [0.4, 0.5) is 0 Å². The maximum atomic E-state index is 13.6. The summed E-state index contributed by atoms with van der Waals surface area (Å²) in [6, 6.07) is 40.0. The van der Waals surface area contributed by atoms with Gasteiger partial charge in [0, 0.05) is 12.3 Å². The van der Waals surface area contributed by atoms with E-state index in [1.807, 2.05) is 121 Å². The van der Waals surface area contributed by atoms with Gasteiger partial charge in [0.05, 0.1) is 39.1 Å². The minimum Gasteiger partial charge on any atom is -0.376 e. The quantitative estimate of drug-likeness (QED) is 0.194. The van der Waals surface area contributed by atoms with E-state index in [0.717, 1.165) is 22.3 Å². The van der Waals surface area contributed by atoms with Gasteiger partial charge in [0.15, 0.2) is 5.78 Å². The van der Waals surface area contributed by atoms with Gasteiger partial charge >= 0.3 is 0 Å². The standard InChI is InChI=1S/C35H36O5/c36-32-21-31(26-37-22-27-13-5-1-6-14-27)33(38-23-28-15-7-2-8-16-28)35(40-25-30-19-11-4-12-20-30)34(32)39-24-29-17-9-3-10-18-29/h1-20,31,33-35H,21-26H2/t31-,33-,34+,35+/m1/s1. The summed E-state index contributed by atoms with van der Waals surface area (Å²) in [5.41, 5.74) is 4.19. The molecule has 0 aliphatic heterocycles. The SMILES string of the molecule is O=C1C[C@H](COCc2ccccc2)[C@@H](OCc2ccccc2)[C@H](OCc2ccccc2)[C@H]1OCc1ccccc1. The third-order valence-corrected chi connectivity index (χ3v) is 7.15. The predicted molar refractivity (Wildman–Crippen MR) is 154 cm³/mol. The number of rotatable bonds is 13. The van der Waals surface area contributed by atoms with Gasteiger partial charge in [-0.3, -0.25) is 4.79 Å². The van der Waals surface area contributed by atoms with Crippen molar-refractivity contribution in [2.45, 2.75) is 51.2 Å². The fraction of sp³-hybridized carbons (Fsp3) is 0.286. The minimum absolute atomic E-state index is 0.0156. The highest BCUT2D eigenvalue weighted by Crippen LogP contribution is 2.32. The molecule has 0 heterocycles. The van der Waals surface area contributed by atoms with Crippen LogP contribution in [0.15, 0.2) is 121 Å². The Morgan fingerprint density at radius 2 is 0.900 bits per heavy atom. The maximum absolute atomic E-state index is 13.6. The average molecular weight is 537 g/mol. The smallest absolute Gasteiger partial charge is 0.164 e. The van der Waals surface area contributed by atoms with Gasteiger partial charge < -0.3 is 18.9 Å². The second-order valence-electron chi connectivity index (χ2n) is 10.2. The highest BCUT2D eigenvalue weighted by Gasteiger charge is 2.46. The highest BCUT2D eigenvalue weighted by molar-refractivity contribution is 5.85. The first kappa shape index (κ1) is 27.9. The van der Waals surface area contributed by atoms with Crippen LogP contribution >= 0.6 is 0 Å². The van der Waals surface area contributed by atoms with Crippen LogP contribution in [0.5, 0.6) is 0 Å². The molecule has 5 nitrogen and oxygen atoms in total. The van der Waals surface area contributed by atoms with Crippen LogP contribution in [0.2, 0.25) is 0 Å². The zero-order valence-electron chi connectivity index (χ0n) is 22.6. The van der Waals surface area contributed by atoms with Crippen molar-refractivity contribution in [2.24, 2.45) is 5.92 Å². The molecule has 1 aliphatic rings. The van der Waals surface area contributed by atoms with E-state index in [1.54, 1.807) is 0 Å². The van der Waals surface area contributed by atoms with Gasteiger partial charge in [-0.1, -0.05) is 121 Å². The lowest BCUT2D eigenvalue weighted by Crippen LogP contribution is -2.55. The summed E-state index contributed by atoms with van der Waals surface area (Å²) < 4.78 is 25.5. The first-order valence-electron chi connectivity index (χ1n) is 13.9. The number of ether oxygens (including phenoxy) is 4. The lowest BCUT2D eigenvalue weighted by molar-refractivity contribution is -0.196. The fourth-order valence-corrected chi connectivity index (χ4v) is 5.07. The number of hydrogen-bond donors (Lipinski definition) is 0. The average Bonchev–Trinajstić information content (AvgIpc) is 3.01. The Bertz CT molecular complexity index is 1280. The Kier molecular flexibility index (Phi) is 10.3. The van der Waals surface area contributed by atoms with E-state index >= 15 is 0 Å². The predicted octanol–water partition coefficient (Wildman–Crippen LogP) is 6.55. The number of ketones is 1. The van der Waals surface area contributed by atoms with Crippen molar-refractivity contribution in [1.82, 2.24) is 0 Å². The topological polar surface area (TPSA) is 54.0 Å². The summed E-state index contributed by atoms with van der Waals surface area (Å²) in [4.78, 5) is 13.6. The van der Waals surface area contributed by atoms with Crippen LogP contribution in [-0.4, -0.2) is 30.7 Å². The molecule has 0 unspecified atom stereocenters. The molecule has 5 rings (SSSR count). The van der Waals surface area contributed by atoms with Crippen molar-refractivity contribution >= 4 is 5.78 Å². The third kappa shape index (κ3) is 7.96. The maximum Gasteiger partial charge on any atom is 0.164 e. The largest absolute Gasteiger partial charge is 0.376 e. The van der Waals surface area contributed by atoms with E-state index in [1.165, 1.54) is 0 Å². The van der Waals surface area contributed by atoms with Gasteiger partial charge in [0.2, 0.25) is 0 Å². The number of carbonyl (C=O) groups is 1. The summed E-state index contributed by atoms with van der Waals surface area (Å²) in [5.74, 6) is -0.154. The summed E-state index contributed by atoms with van der Waals surface area (Å²) in [5, 5.41) is 0. The Balaban J connectivity index is 1.36. The molecule has 4 atom stereocenters. The molecule has 1 aliphatic carbocycles. The van der Waals surface area contributed by atoms with E-state index < -0.39 is 18.3 Å². The second kappa shape index (κ2) is 14.7. The first-order valence-corrected chi connectivity index (χ1v) is 13.9. The van der Waals surface area contributed by atoms with E-state index in [9.17, 15) is 4.79 Å². The summed E-state index contributed by atoms with van der Waals surface area (Å²) in [6.45, 7) is 1.94. The molecule has 40 heavy (non-hydrogen) atoms. The van der Waals surface area contributed by atoms with Crippen molar-refractivity contribution in [3.05, 3.63) is 144 Å². The number of Topliss-reactive ketones (excluding diaryl/α,β-unsaturated/α-hetero) is 1. The summed E-state index contributed by atoms with van der Waals surface area (Å²) >= 11 is 0. The molecule has 1 saturated carbocycles. The second-order valence-corrected chi connectivity index (χ2v) is 10.2. The third-order valence-electron chi connectivity index (χ3n) is 7.15. The molecule has 0 bridgehead atoms. The Labute approximate surface area is 236 Å². The highest BCUT2D eigenvalue weighted by atomic mass is 16.6. The number of carbonyl (C=O) groups excluding carboxylic acids is 1. The molecule has 0 saturated heterocycles. The van der Waals surface area contributed by atoms with Gasteiger partial charge in [-0.2, -0.15) is 0 Å². The van der Waals surface area contributed by atoms with Gasteiger partial charge in [0.25, 0.3) is 0 Å². The molecule has 0 amide bonds. The molecule has 4 aromatic rings. The van der Waals surface area contributed by atoms with Crippen LogP contribution in [0.1, 0.15) is 28.7 Å². The molecular weight excluding hydrogens is 500 g/mol. The van der Waals surface area contributed by atoms with Crippen molar-refractivity contribution < 1.29 is 23.7 Å². The van der Waals surface area contributed by atoms with Crippen LogP contribution in [0.3, 0.4) is 0 Å². The normalized spacial score (nSPS) is 20.9.